The lowest BCUT2D eigenvalue weighted by Gasteiger charge is -2.27. The Kier molecular flexibility index (Phi) is 4.71. The fraction of sp³-hybridized carbons (Fsp3) is 0.476. The van der Waals surface area contributed by atoms with E-state index in [9.17, 15) is 14.4 Å². The molecule has 1 unspecified atom stereocenters. The third kappa shape index (κ3) is 2.98. The molecule has 1 aliphatic heterocycles. The van der Waals surface area contributed by atoms with Crippen LogP contribution in [-0.4, -0.2) is 35.2 Å². The molecule has 1 saturated carbocycles. The van der Waals surface area contributed by atoms with Crippen LogP contribution in [0.15, 0.2) is 36.9 Å². The predicted octanol–water partition coefficient (Wildman–Crippen LogP) is 3.67. The van der Waals surface area contributed by atoms with Crippen LogP contribution in [0.5, 0.6) is 0 Å². The number of halogens is 1. The summed E-state index contributed by atoms with van der Waals surface area (Å²) in [5, 5.41) is 0.524. The summed E-state index contributed by atoms with van der Waals surface area (Å²) in [4.78, 5) is 41.5. The van der Waals surface area contributed by atoms with Crippen molar-refractivity contribution in [3.8, 4) is 0 Å². The van der Waals surface area contributed by atoms with Gasteiger partial charge in [0.05, 0.1) is 12.1 Å². The highest BCUT2D eigenvalue weighted by atomic mass is 35.5. The van der Waals surface area contributed by atoms with Gasteiger partial charge < -0.3 is 4.90 Å². The van der Waals surface area contributed by atoms with Crippen LogP contribution in [0, 0.1) is 16.7 Å². The van der Waals surface area contributed by atoms with Crippen LogP contribution in [0.2, 0.25) is 5.02 Å². The molecule has 1 atom stereocenters. The molecule has 1 aromatic rings. The van der Waals surface area contributed by atoms with Gasteiger partial charge in [0.25, 0.3) is 5.91 Å². The highest BCUT2D eigenvalue weighted by Crippen LogP contribution is 2.68. The first-order chi connectivity index (χ1) is 12.5. The zero-order chi connectivity index (χ0) is 20.1. The van der Waals surface area contributed by atoms with Gasteiger partial charge in [-0.3, -0.25) is 14.4 Å². The third-order valence-electron chi connectivity index (χ3n) is 6.46. The Morgan fingerprint density at radius 1 is 1.22 bits per heavy atom. The molecule has 1 heterocycles. The summed E-state index contributed by atoms with van der Waals surface area (Å²) in [6.45, 7) is 12.2. The molecule has 0 bridgehead atoms. The van der Waals surface area contributed by atoms with E-state index in [4.69, 9.17) is 11.6 Å². The minimum atomic E-state index is -0.800. The first kappa shape index (κ1) is 19.6. The van der Waals surface area contributed by atoms with E-state index in [1.807, 2.05) is 0 Å². The topological polar surface area (TPSA) is 57.7 Å². The average molecular weight is 389 g/mol. The Balaban J connectivity index is 1.88. The first-order valence-corrected chi connectivity index (χ1v) is 9.45. The maximum atomic E-state index is 13.2. The van der Waals surface area contributed by atoms with Crippen molar-refractivity contribution in [1.29, 1.82) is 0 Å². The summed E-state index contributed by atoms with van der Waals surface area (Å²) in [5.74, 6) is -0.969. The maximum Gasteiger partial charge on any atom is 0.257 e. The van der Waals surface area contributed by atoms with Crippen LogP contribution in [0.25, 0.3) is 0 Å². The van der Waals surface area contributed by atoms with Crippen molar-refractivity contribution in [3.63, 3.8) is 0 Å². The molecule has 3 rings (SSSR count). The SMILES string of the molecule is C=CCN(C(=O)C1C(C)(C)C1(C)C)C1CC(=O)N(c2ccc(Cl)cc2)C1=O. The van der Waals surface area contributed by atoms with Crippen LogP contribution in [0.4, 0.5) is 5.69 Å². The van der Waals surface area contributed by atoms with Crippen molar-refractivity contribution >= 4 is 35.0 Å². The van der Waals surface area contributed by atoms with Gasteiger partial charge in [-0.05, 0) is 35.1 Å². The largest absolute Gasteiger partial charge is 0.326 e. The second-order valence-corrected chi connectivity index (χ2v) is 8.86. The Morgan fingerprint density at radius 3 is 2.26 bits per heavy atom. The molecule has 6 heteroatoms. The highest BCUT2D eigenvalue weighted by molar-refractivity contribution is 6.30. The predicted molar refractivity (Wildman–Crippen MR) is 105 cm³/mol. The number of hydrogen-bond acceptors (Lipinski definition) is 3. The van der Waals surface area contributed by atoms with E-state index in [2.05, 4.69) is 34.3 Å². The standard InChI is InChI=1S/C21H25ClN2O3/c1-6-11-23(19(27)17-20(2,3)21(17,4)5)15-12-16(25)24(18(15)26)14-9-7-13(22)8-10-14/h6-10,15,17H,1,11-12H2,2-5H3. The number of rotatable bonds is 5. The molecule has 0 aromatic heterocycles. The van der Waals surface area contributed by atoms with Crippen LogP contribution >= 0.6 is 11.6 Å². The molecule has 0 spiro atoms. The van der Waals surface area contributed by atoms with E-state index >= 15 is 0 Å². The fourth-order valence-electron chi connectivity index (χ4n) is 4.21. The number of imide groups is 1. The van der Waals surface area contributed by atoms with Crippen LogP contribution in [0.3, 0.4) is 0 Å². The average Bonchev–Trinajstić information content (AvgIpc) is 2.82. The molecule has 27 heavy (non-hydrogen) atoms. The Labute approximate surface area is 165 Å². The highest BCUT2D eigenvalue weighted by Gasteiger charge is 2.69. The van der Waals surface area contributed by atoms with E-state index in [0.29, 0.717) is 10.7 Å². The van der Waals surface area contributed by atoms with Crippen molar-refractivity contribution in [2.45, 2.75) is 40.2 Å². The molecule has 0 N–H and O–H groups in total. The summed E-state index contributed by atoms with van der Waals surface area (Å²) in [6, 6.07) is 5.73. The summed E-state index contributed by atoms with van der Waals surface area (Å²) >= 11 is 5.90. The normalized spacial score (nSPS) is 23.4. The molecule has 5 nitrogen and oxygen atoms in total. The molecule has 1 aliphatic carbocycles. The van der Waals surface area contributed by atoms with E-state index < -0.39 is 6.04 Å². The lowest BCUT2D eigenvalue weighted by Crippen LogP contribution is -2.47. The third-order valence-corrected chi connectivity index (χ3v) is 6.71. The molecule has 1 aromatic carbocycles. The van der Waals surface area contributed by atoms with Gasteiger partial charge in [0.15, 0.2) is 0 Å². The number of nitrogens with zero attached hydrogens (tertiary/aromatic N) is 2. The van der Waals surface area contributed by atoms with Crippen molar-refractivity contribution in [1.82, 2.24) is 4.90 Å². The molecule has 1 saturated heterocycles. The Morgan fingerprint density at radius 2 is 1.78 bits per heavy atom. The fourth-order valence-corrected chi connectivity index (χ4v) is 4.34. The van der Waals surface area contributed by atoms with Crippen molar-refractivity contribution in [2.24, 2.45) is 16.7 Å². The summed E-state index contributed by atoms with van der Waals surface area (Å²) < 4.78 is 0. The summed E-state index contributed by atoms with van der Waals surface area (Å²) in [5.41, 5.74) is 0.172. The van der Waals surface area contributed by atoms with Gasteiger partial charge in [0, 0.05) is 17.5 Å². The van der Waals surface area contributed by atoms with Gasteiger partial charge in [-0.25, -0.2) is 4.90 Å². The Hall–Kier alpha value is -2.14. The molecule has 2 fully saturated rings. The van der Waals surface area contributed by atoms with E-state index in [-0.39, 0.29) is 47.4 Å². The summed E-state index contributed by atoms with van der Waals surface area (Å²) in [7, 11) is 0. The van der Waals surface area contributed by atoms with Crippen molar-refractivity contribution in [3.05, 3.63) is 41.9 Å². The van der Waals surface area contributed by atoms with Gasteiger partial charge >= 0.3 is 0 Å². The number of carbonyl (C=O) groups excluding carboxylic acids is 3. The van der Waals surface area contributed by atoms with Crippen LogP contribution < -0.4 is 4.90 Å². The minimum absolute atomic E-state index is 0.0192. The first-order valence-electron chi connectivity index (χ1n) is 9.07. The Bertz CT molecular complexity index is 799. The second kappa shape index (κ2) is 6.48. The van der Waals surface area contributed by atoms with E-state index in [0.717, 1.165) is 4.90 Å². The molecule has 3 amide bonds. The molecular formula is C21H25ClN2O3. The monoisotopic (exact) mass is 388 g/mol. The van der Waals surface area contributed by atoms with Gasteiger partial charge in [0.1, 0.15) is 6.04 Å². The number of carbonyl (C=O) groups is 3. The maximum absolute atomic E-state index is 13.2. The molecule has 144 valence electrons. The number of benzene rings is 1. The number of anilines is 1. The number of amides is 3. The zero-order valence-electron chi connectivity index (χ0n) is 16.2. The van der Waals surface area contributed by atoms with Crippen LogP contribution in [-0.2, 0) is 14.4 Å². The van der Waals surface area contributed by atoms with Crippen LogP contribution in [0.1, 0.15) is 34.1 Å². The smallest absolute Gasteiger partial charge is 0.257 e. The minimum Gasteiger partial charge on any atom is -0.326 e. The molecule has 2 aliphatic rings. The van der Waals surface area contributed by atoms with Crippen molar-refractivity contribution < 1.29 is 14.4 Å². The zero-order valence-corrected chi connectivity index (χ0v) is 16.9. The molecular weight excluding hydrogens is 364 g/mol. The second-order valence-electron chi connectivity index (χ2n) is 8.42. The summed E-state index contributed by atoms with van der Waals surface area (Å²) in [6.07, 6.45) is 1.58. The lowest BCUT2D eigenvalue weighted by atomic mass is 10.0. The van der Waals surface area contributed by atoms with E-state index in [1.54, 1.807) is 30.3 Å². The van der Waals surface area contributed by atoms with Gasteiger partial charge in [-0.2, -0.15) is 0 Å². The van der Waals surface area contributed by atoms with Gasteiger partial charge in [-0.15, -0.1) is 6.58 Å². The van der Waals surface area contributed by atoms with Gasteiger partial charge in [-0.1, -0.05) is 45.4 Å². The van der Waals surface area contributed by atoms with E-state index in [1.165, 1.54) is 4.90 Å². The van der Waals surface area contributed by atoms with Crippen molar-refractivity contribution in [2.75, 3.05) is 11.4 Å². The molecule has 0 radical (unpaired) electrons. The quantitative estimate of drug-likeness (QED) is 0.571. The van der Waals surface area contributed by atoms with Gasteiger partial charge in [0.2, 0.25) is 11.8 Å². The lowest BCUT2D eigenvalue weighted by molar-refractivity contribution is -0.139. The number of hydrogen-bond donors (Lipinski definition) is 0.